The summed E-state index contributed by atoms with van der Waals surface area (Å²) in [7, 11) is 1.57. The van der Waals surface area contributed by atoms with Gasteiger partial charge in [0.2, 0.25) is 5.78 Å². The van der Waals surface area contributed by atoms with Crippen molar-refractivity contribution in [2.45, 2.75) is 0 Å². The molecule has 7 heteroatoms. The van der Waals surface area contributed by atoms with Crippen LogP contribution in [0.1, 0.15) is 16.1 Å². The third kappa shape index (κ3) is 2.49. The van der Waals surface area contributed by atoms with Crippen molar-refractivity contribution in [1.82, 2.24) is 15.2 Å². The van der Waals surface area contributed by atoms with Crippen molar-refractivity contribution >= 4 is 39.8 Å². The SMILES string of the molecule is COc1ccc2c(C(=O)c3c(Cl)cncc3Cl)nncc2c1. The number of carbonyl (C=O) groups is 1. The molecule has 0 bridgehead atoms. The van der Waals surface area contributed by atoms with E-state index in [1.54, 1.807) is 31.5 Å². The van der Waals surface area contributed by atoms with Gasteiger partial charge in [-0.25, -0.2) is 0 Å². The maximum atomic E-state index is 12.7. The third-order valence-corrected chi connectivity index (χ3v) is 3.74. The second kappa shape index (κ2) is 5.87. The van der Waals surface area contributed by atoms with Crippen molar-refractivity contribution in [2.24, 2.45) is 0 Å². The fourth-order valence-corrected chi connectivity index (χ4v) is 2.64. The average molecular weight is 334 g/mol. The van der Waals surface area contributed by atoms with Crippen molar-refractivity contribution in [3.63, 3.8) is 0 Å². The first-order chi connectivity index (χ1) is 10.6. The van der Waals surface area contributed by atoms with Crippen LogP contribution in [0.5, 0.6) is 5.75 Å². The molecule has 0 atom stereocenters. The van der Waals surface area contributed by atoms with Gasteiger partial charge in [0, 0.05) is 23.2 Å². The second-order valence-electron chi connectivity index (χ2n) is 4.45. The summed E-state index contributed by atoms with van der Waals surface area (Å²) >= 11 is 12.1. The van der Waals surface area contributed by atoms with Crippen LogP contribution in [0.15, 0.2) is 36.8 Å². The third-order valence-electron chi connectivity index (χ3n) is 3.16. The minimum atomic E-state index is -0.402. The molecule has 0 amide bonds. The van der Waals surface area contributed by atoms with Crippen LogP contribution in [0.4, 0.5) is 0 Å². The number of pyridine rings is 1. The van der Waals surface area contributed by atoms with Crippen LogP contribution in [0.2, 0.25) is 10.0 Å². The summed E-state index contributed by atoms with van der Waals surface area (Å²) in [5.74, 6) is 0.263. The highest BCUT2D eigenvalue weighted by atomic mass is 35.5. The molecule has 0 saturated heterocycles. The molecule has 22 heavy (non-hydrogen) atoms. The molecule has 0 N–H and O–H groups in total. The first-order valence-corrected chi connectivity index (χ1v) is 7.00. The Morgan fingerprint density at radius 2 is 1.86 bits per heavy atom. The van der Waals surface area contributed by atoms with E-state index in [1.165, 1.54) is 12.4 Å². The molecule has 1 aromatic carbocycles. The average Bonchev–Trinajstić information content (AvgIpc) is 2.53. The minimum Gasteiger partial charge on any atom is -0.497 e. The highest BCUT2D eigenvalue weighted by Gasteiger charge is 2.21. The summed E-state index contributed by atoms with van der Waals surface area (Å²) in [5.41, 5.74) is 0.339. The normalized spacial score (nSPS) is 10.7. The molecular formula is C15H9Cl2N3O2. The van der Waals surface area contributed by atoms with Crippen molar-refractivity contribution in [3.8, 4) is 5.75 Å². The zero-order valence-corrected chi connectivity index (χ0v) is 12.9. The summed E-state index contributed by atoms with van der Waals surface area (Å²) in [6.07, 6.45) is 4.29. The van der Waals surface area contributed by atoms with E-state index in [0.29, 0.717) is 11.1 Å². The van der Waals surface area contributed by atoms with Crippen LogP contribution < -0.4 is 4.74 Å². The Bertz CT molecular complexity index is 864. The molecule has 5 nitrogen and oxygen atoms in total. The molecule has 0 unspecified atom stereocenters. The molecule has 3 aromatic rings. The highest BCUT2D eigenvalue weighted by molar-refractivity contribution is 6.41. The standard InChI is InChI=1S/C15H9Cl2N3O2/c1-22-9-2-3-10-8(4-9)5-19-20-14(10)15(21)13-11(16)6-18-7-12(13)17/h2-7H,1H3. The van der Waals surface area contributed by atoms with Crippen LogP contribution >= 0.6 is 23.2 Å². The van der Waals surface area contributed by atoms with Crippen LogP contribution in [0.25, 0.3) is 10.8 Å². The summed E-state index contributed by atoms with van der Waals surface area (Å²) < 4.78 is 5.16. The number of ketones is 1. The van der Waals surface area contributed by atoms with E-state index in [1.807, 2.05) is 0 Å². The van der Waals surface area contributed by atoms with Crippen LogP contribution in [-0.4, -0.2) is 28.1 Å². The lowest BCUT2D eigenvalue weighted by molar-refractivity contribution is 0.103. The van der Waals surface area contributed by atoms with Gasteiger partial charge in [0.05, 0.1) is 28.9 Å². The Balaban J connectivity index is 2.20. The predicted octanol–water partition coefficient (Wildman–Crippen LogP) is 3.57. The first-order valence-electron chi connectivity index (χ1n) is 6.25. The largest absolute Gasteiger partial charge is 0.497 e. The van der Waals surface area contributed by atoms with Gasteiger partial charge < -0.3 is 4.74 Å². The number of hydrogen-bond donors (Lipinski definition) is 0. The molecule has 0 aliphatic rings. The van der Waals surface area contributed by atoms with E-state index >= 15 is 0 Å². The molecule has 2 aromatic heterocycles. The maximum Gasteiger partial charge on any atom is 0.217 e. The molecule has 0 fully saturated rings. The first kappa shape index (κ1) is 14.7. The number of ether oxygens (including phenoxy) is 1. The summed E-state index contributed by atoms with van der Waals surface area (Å²) in [4.78, 5) is 16.6. The molecular weight excluding hydrogens is 325 g/mol. The number of halogens is 2. The van der Waals surface area contributed by atoms with Gasteiger partial charge in [-0.1, -0.05) is 23.2 Å². The zero-order chi connectivity index (χ0) is 15.7. The molecule has 2 heterocycles. The van der Waals surface area contributed by atoms with Gasteiger partial charge >= 0.3 is 0 Å². The van der Waals surface area contributed by atoms with Gasteiger partial charge in [-0.2, -0.15) is 5.10 Å². The highest BCUT2D eigenvalue weighted by Crippen LogP contribution is 2.28. The number of carbonyl (C=O) groups excluding carboxylic acids is 1. The Morgan fingerprint density at radius 3 is 2.55 bits per heavy atom. The van der Waals surface area contributed by atoms with Gasteiger partial charge in [-0.3, -0.25) is 9.78 Å². The number of nitrogens with zero attached hydrogens (tertiary/aromatic N) is 3. The van der Waals surface area contributed by atoms with Crippen LogP contribution in [0.3, 0.4) is 0 Å². The van der Waals surface area contributed by atoms with E-state index in [4.69, 9.17) is 27.9 Å². The zero-order valence-electron chi connectivity index (χ0n) is 11.4. The van der Waals surface area contributed by atoms with E-state index in [-0.39, 0.29) is 21.3 Å². The molecule has 0 saturated carbocycles. The summed E-state index contributed by atoms with van der Waals surface area (Å²) in [5, 5.41) is 9.53. The molecule has 0 aliphatic heterocycles. The van der Waals surface area contributed by atoms with Crippen molar-refractivity contribution in [1.29, 1.82) is 0 Å². The quantitative estimate of drug-likeness (QED) is 0.685. The lowest BCUT2D eigenvalue weighted by Crippen LogP contribution is -2.08. The number of benzene rings is 1. The van der Waals surface area contributed by atoms with Gasteiger partial charge in [0.15, 0.2) is 0 Å². The van der Waals surface area contributed by atoms with Gasteiger partial charge in [0.1, 0.15) is 11.4 Å². The predicted molar refractivity (Wildman–Crippen MR) is 83.8 cm³/mol. The molecule has 0 aliphatic carbocycles. The number of fused-ring (bicyclic) bond motifs is 1. The number of methoxy groups -OCH3 is 1. The Kier molecular flexibility index (Phi) is 3.92. The Labute approximate surface area is 135 Å². The van der Waals surface area contributed by atoms with Gasteiger partial charge in [-0.05, 0) is 18.2 Å². The second-order valence-corrected chi connectivity index (χ2v) is 5.27. The Morgan fingerprint density at radius 1 is 1.14 bits per heavy atom. The number of hydrogen-bond acceptors (Lipinski definition) is 5. The van der Waals surface area contributed by atoms with Gasteiger partial charge in [0.25, 0.3) is 0 Å². The fraction of sp³-hybridized carbons (Fsp3) is 0.0667. The van der Waals surface area contributed by atoms with Crippen molar-refractivity contribution < 1.29 is 9.53 Å². The van der Waals surface area contributed by atoms with Gasteiger partial charge in [-0.15, -0.1) is 5.10 Å². The van der Waals surface area contributed by atoms with Crippen LogP contribution in [-0.2, 0) is 0 Å². The molecule has 110 valence electrons. The van der Waals surface area contributed by atoms with Crippen molar-refractivity contribution in [2.75, 3.05) is 7.11 Å². The monoisotopic (exact) mass is 333 g/mol. The molecule has 0 spiro atoms. The minimum absolute atomic E-state index is 0.163. The Hall–Kier alpha value is -2.24. The van der Waals surface area contributed by atoms with Crippen molar-refractivity contribution in [3.05, 3.63) is 58.1 Å². The smallest absolute Gasteiger partial charge is 0.217 e. The maximum absolute atomic E-state index is 12.7. The number of aromatic nitrogens is 3. The lowest BCUT2D eigenvalue weighted by atomic mass is 10.0. The van der Waals surface area contributed by atoms with E-state index in [2.05, 4.69) is 15.2 Å². The summed E-state index contributed by atoms with van der Waals surface area (Å²) in [6, 6.07) is 5.27. The topological polar surface area (TPSA) is 65.0 Å². The number of rotatable bonds is 3. The van der Waals surface area contributed by atoms with E-state index < -0.39 is 5.78 Å². The lowest BCUT2D eigenvalue weighted by Gasteiger charge is -2.08. The summed E-state index contributed by atoms with van der Waals surface area (Å²) in [6.45, 7) is 0. The molecule has 0 radical (unpaired) electrons. The van der Waals surface area contributed by atoms with Crippen LogP contribution in [0, 0.1) is 0 Å². The molecule has 3 rings (SSSR count). The fourth-order valence-electron chi connectivity index (χ4n) is 2.11. The van der Waals surface area contributed by atoms with E-state index in [9.17, 15) is 4.79 Å². The van der Waals surface area contributed by atoms with E-state index in [0.717, 1.165) is 5.39 Å².